The lowest BCUT2D eigenvalue weighted by Gasteiger charge is -2.40. The number of benzene rings is 3. The smallest absolute Gasteiger partial charge is 0.331 e. The van der Waals surface area contributed by atoms with E-state index in [-0.39, 0.29) is 28.4 Å². The highest BCUT2D eigenvalue weighted by molar-refractivity contribution is 5.89. The zero-order valence-electron chi connectivity index (χ0n) is 23.6. The average Bonchev–Trinajstić information content (AvgIpc) is 2.99. The third-order valence-corrected chi connectivity index (χ3v) is 7.04. The van der Waals surface area contributed by atoms with E-state index in [4.69, 9.17) is 23.4 Å². The first-order valence-electron chi connectivity index (χ1n) is 13.4. The third-order valence-electron chi connectivity index (χ3n) is 7.04. The van der Waals surface area contributed by atoms with Gasteiger partial charge in [0.05, 0.1) is 13.2 Å². The van der Waals surface area contributed by atoms with E-state index in [2.05, 4.69) is 0 Å². The maximum Gasteiger partial charge on any atom is 0.331 e. The Morgan fingerprint density at radius 2 is 1.62 bits per heavy atom. The topological polar surface area (TPSA) is 226 Å². The summed E-state index contributed by atoms with van der Waals surface area (Å²) >= 11 is 0. The number of ether oxygens (including phenoxy) is 4. The molecule has 0 radical (unpaired) electrons. The molecule has 0 saturated carbocycles. The number of aliphatic hydroxyl groups is 2. The van der Waals surface area contributed by atoms with Crippen LogP contribution in [-0.4, -0.2) is 79.5 Å². The quantitative estimate of drug-likeness (QED) is 0.0891. The lowest BCUT2D eigenvalue weighted by atomic mass is 9.99. The summed E-state index contributed by atoms with van der Waals surface area (Å²) in [7, 11) is 1.36. The van der Waals surface area contributed by atoms with Gasteiger partial charge in [-0.15, -0.1) is 0 Å². The van der Waals surface area contributed by atoms with Crippen LogP contribution in [0.2, 0.25) is 0 Å². The predicted octanol–water partition coefficient (Wildman–Crippen LogP) is 2.47. The van der Waals surface area contributed by atoms with E-state index < -0.39 is 76.2 Å². The zero-order chi connectivity index (χ0) is 32.6. The number of rotatable bonds is 7. The standard InChI is InChI=1S/C31H28O14/c1-13-25(38)29(44-23(37)8-4-14-3-6-18(34)21(9-14)41-2)27(40)31(42-13)45-30-26(39)24-20(36)11-16(32)12-22(24)43-28(30)15-5-7-17(33)19(35)10-15/h3-13,25,27,29,31-36,38,40H,1-2H3/b8-4+/t13-,25-,27+,29+,31-/m0/s1. The number of hydrogen-bond acceptors (Lipinski definition) is 14. The molecule has 2 heterocycles. The van der Waals surface area contributed by atoms with Crippen molar-refractivity contribution in [3.05, 3.63) is 70.4 Å². The molecule has 1 aliphatic heterocycles. The molecule has 5 atom stereocenters. The molecule has 0 bridgehead atoms. The minimum atomic E-state index is -1.87. The van der Waals surface area contributed by atoms with Crippen molar-refractivity contribution in [2.45, 2.75) is 37.6 Å². The number of hydrogen-bond donors (Lipinski definition) is 7. The zero-order valence-corrected chi connectivity index (χ0v) is 23.6. The van der Waals surface area contributed by atoms with Crippen molar-refractivity contribution in [1.29, 1.82) is 0 Å². The maximum atomic E-state index is 13.6. The average molecular weight is 625 g/mol. The number of aromatic hydroxyl groups is 5. The molecule has 236 valence electrons. The summed E-state index contributed by atoms with van der Waals surface area (Å²) in [5.74, 6) is -3.99. The largest absolute Gasteiger partial charge is 0.508 e. The molecular formula is C31H28O14. The Morgan fingerprint density at radius 1 is 0.889 bits per heavy atom. The molecule has 0 amide bonds. The van der Waals surface area contributed by atoms with Crippen LogP contribution in [0.1, 0.15) is 12.5 Å². The van der Waals surface area contributed by atoms with Crippen molar-refractivity contribution in [2.75, 3.05) is 7.11 Å². The van der Waals surface area contributed by atoms with Crippen LogP contribution in [0.25, 0.3) is 28.4 Å². The fourth-order valence-electron chi connectivity index (χ4n) is 4.72. The Bertz CT molecular complexity index is 1840. The van der Waals surface area contributed by atoms with Crippen LogP contribution in [0.4, 0.5) is 0 Å². The normalized spacial score (nSPS) is 21.6. The maximum absolute atomic E-state index is 13.6. The van der Waals surface area contributed by atoms with E-state index in [0.717, 1.165) is 30.3 Å². The second-order valence-electron chi connectivity index (χ2n) is 10.1. The van der Waals surface area contributed by atoms with Crippen LogP contribution in [0.3, 0.4) is 0 Å². The van der Waals surface area contributed by atoms with Gasteiger partial charge in [0.25, 0.3) is 0 Å². The van der Waals surface area contributed by atoms with Gasteiger partial charge < -0.3 is 59.1 Å². The number of phenols is 5. The fraction of sp³-hybridized carbons (Fsp3) is 0.226. The van der Waals surface area contributed by atoms with Gasteiger partial charge in [0, 0.05) is 23.8 Å². The van der Waals surface area contributed by atoms with Crippen molar-refractivity contribution >= 4 is 23.0 Å². The monoisotopic (exact) mass is 624 g/mol. The molecule has 0 unspecified atom stereocenters. The number of methoxy groups -OCH3 is 1. The van der Waals surface area contributed by atoms with Gasteiger partial charge in [-0.25, -0.2) is 4.79 Å². The molecule has 1 aromatic heterocycles. The van der Waals surface area contributed by atoms with Crippen molar-refractivity contribution in [1.82, 2.24) is 0 Å². The fourth-order valence-corrected chi connectivity index (χ4v) is 4.72. The molecule has 45 heavy (non-hydrogen) atoms. The van der Waals surface area contributed by atoms with Crippen LogP contribution < -0.4 is 14.9 Å². The second kappa shape index (κ2) is 12.3. The lowest BCUT2D eigenvalue weighted by Crippen LogP contribution is -2.59. The minimum absolute atomic E-state index is 0.0134. The molecule has 3 aromatic carbocycles. The van der Waals surface area contributed by atoms with Crippen LogP contribution in [0.15, 0.2) is 63.8 Å². The first-order chi connectivity index (χ1) is 21.4. The van der Waals surface area contributed by atoms with Crippen LogP contribution in [0, 0.1) is 0 Å². The van der Waals surface area contributed by atoms with Crippen molar-refractivity contribution in [2.24, 2.45) is 0 Å². The number of phenolic OH excluding ortho intramolecular Hbond substituents is 5. The third kappa shape index (κ3) is 6.15. The van der Waals surface area contributed by atoms with Crippen molar-refractivity contribution in [3.8, 4) is 51.6 Å². The van der Waals surface area contributed by atoms with E-state index in [9.17, 15) is 45.3 Å². The molecule has 0 spiro atoms. The summed E-state index contributed by atoms with van der Waals surface area (Å²) in [5, 5.41) is 71.3. The molecule has 1 fully saturated rings. The van der Waals surface area contributed by atoms with Gasteiger partial charge in [-0.2, -0.15) is 0 Å². The number of fused-ring (bicyclic) bond motifs is 1. The van der Waals surface area contributed by atoms with E-state index in [1.807, 2.05) is 0 Å². The van der Waals surface area contributed by atoms with Crippen LogP contribution >= 0.6 is 0 Å². The first kappa shape index (κ1) is 31.0. The highest BCUT2D eigenvalue weighted by atomic mass is 16.7. The molecule has 14 heteroatoms. The van der Waals surface area contributed by atoms with Gasteiger partial charge in [-0.1, -0.05) is 6.07 Å². The highest BCUT2D eigenvalue weighted by Crippen LogP contribution is 2.39. The van der Waals surface area contributed by atoms with Crippen molar-refractivity contribution < 1.29 is 63.9 Å². The SMILES string of the molecule is COc1cc(/C=C/C(=O)O[C@@H]2[C@@H](O)[C@H](C)O[C@@H](Oc3c(-c4ccc(O)c(O)c4)oc4cc(O)cc(O)c4c3=O)[C@@H]2O)ccc1O. The van der Waals surface area contributed by atoms with E-state index in [1.54, 1.807) is 0 Å². The summed E-state index contributed by atoms with van der Waals surface area (Å²) in [6.45, 7) is 1.41. The van der Waals surface area contributed by atoms with Gasteiger partial charge >= 0.3 is 5.97 Å². The molecule has 4 aromatic rings. The number of esters is 1. The summed E-state index contributed by atoms with van der Waals surface area (Å²) in [6, 6.07) is 9.73. The van der Waals surface area contributed by atoms with Gasteiger partial charge in [0.15, 0.2) is 41.0 Å². The van der Waals surface area contributed by atoms with Crippen molar-refractivity contribution in [3.63, 3.8) is 0 Å². The predicted molar refractivity (Wildman–Crippen MR) is 155 cm³/mol. The Kier molecular flexibility index (Phi) is 8.46. The summed E-state index contributed by atoms with van der Waals surface area (Å²) in [6.07, 6.45) is -5.47. The molecule has 5 rings (SSSR count). The number of carbonyl (C=O) groups excluding carboxylic acids is 1. The van der Waals surface area contributed by atoms with Gasteiger partial charge in [0.1, 0.15) is 28.6 Å². The Hall–Kier alpha value is -5.44. The minimum Gasteiger partial charge on any atom is -0.508 e. The number of carbonyl (C=O) groups is 1. The molecule has 0 aliphatic carbocycles. The van der Waals surface area contributed by atoms with E-state index in [0.29, 0.717) is 5.56 Å². The Labute approximate surface area is 253 Å². The Balaban J connectivity index is 1.48. The molecule has 14 nitrogen and oxygen atoms in total. The van der Waals surface area contributed by atoms with Gasteiger partial charge in [0.2, 0.25) is 17.5 Å². The van der Waals surface area contributed by atoms with E-state index in [1.165, 1.54) is 44.4 Å². The van der Waals surface area contributed by atoms with Gasteiger partial charge in [-0.3, -0.25) is 4.79 Å². The number of aliphatic hydroxyl groups excluding tert-OH is 2. The van der Waals surface area contributed by atoms with Crippen LogP contribution in [-0.2, 0) is 14.3 Å². The summed E-state index contributed by atoms with van der Waals surface area (Å²) in [4.78, 5) is 26.3. The lowest BCUT2D eigenvalue weighted by molar-refractivity contribution is -0.271. The Morgan fingerprint density at radius 3 is 2.33 bits per heavy atom. The van der Waals surface area contributed by atoms with Crippen LogP contribution in [0.5, 0.6) is 40.2 Å². The molecular weight excluding hydrogens is 596 g/mol. The molecule has 1 aliphatic rings. The molecule has 1 saturated heterocycles. The van der Waals surface area contributed by atoms with E-state index >= 15 is 0 Å². The highest BCUT2D eigenvalue weighted by Gasteiger charge is 2.47. The summed E-state index contributed by atoms with van der Waals surface area (Å²) < 4.78 is 27.5. The second-order valence-corrected chi connectivity index (χ2v) is 10.1. The summed E-state index contributed by atoms with van der Waals surface area (Å²) in [5.41, 5.74) is -0.742. The molecule has 7 N–H and O–H groups in total. The van der Waals surface area contributed by atoms with Gasteiger partial charge in [-0.05, 0) is 48.9 Å². The first-order valence-corrected chi connectivity index (χ1v) is 13.4.